The van der Waals surface area contributed by atoms with Gasteiger partial charge in [0, 0.05) is 27.8 Å². The van der Waals surface area contributed by atoms with E-state index in [1.807, 2.05) is 26.8 Å². The van der Waals surface area contributed by atoms with Crippen LogP contribution >= 0.6 is 46.3 Å². The van der Waals surface area contributed by atoms with Gasteiger partial charge in [0.1, 0.15) is 17.6 Å². The van der Waals surface area contributed by atoms with Crippen LogP contribution in [0.4, 0.5) is 5.13 Å². The number of benzene rings is 3. The molecule has 13 heteroatoms. The molecule has 1 amide bonds. The maximum absolute atomic E-state index is 13.8. The summed E-state index contributed by atoms with van der Waals surface area (Å²) in [6, 6.07) is 14.8. The number of carbonyl (C=O) groups is 2. The van der Waals surface area contributed by atoms with E-state index in [-0.39, 0.29) is 22.6 Å². The number of halogens is 2. The summed E-state index contributed by atoms with van der Waals surface area (Å²) in [5.74, 6) is 0.267. The number of hydrogen-bond donors (Lipinski definition) is 1. The summed E-state index contributed by atoms with van der Waals surface area (Å²) in [5.41, 5.74) is 2.65. The predicted octanol–water partition coefficient (Wildman–Crippen LogP) is 8.27. The molecule has 2 aliphatic rings. The van der Waals surface area contributed by atoms with Gasteiger partial charge in [-0.2, -0.15) is 0 Å². The van der Waals surface area contributed by atoms with Gasteiger partial charge in [-0.05, 0) is 79.4 Å². The Balaban J connectivity index is 1.42. The first kappa shape index (κ1) is 33.1. The summed E-state index contributed by atoms with van der Waals surface area (Å²) in [4.78, 5) is 28.9. The fourth-order valence-corrected chi connectivity index (χ4v) is 7.93. The van der Waals surface area contributed by atoms with Gasteiger partial charge in [-0.15, -0.1) is 10.2 Å². The monoisotopic (exact) mass is 711 g/mol. The molecule has 1 fully saturated rings. The first-order chi connectivity index (χ1) is 22.7. The Labute approximate surface area is 290 Å². The van der Waals surface area contributed by atoms with Crippen LogP contribution in [0.15, 0.2) is 64.5 Å². The van der Waals surface area contributed by atoms with Gasteiger partial charge >= 0.3 is 5.91 Å². The third kappa shape index (κ3) is 6.80. The minimum Gasteiger partial charge on any atom is -0.507 e. The van der Waals surface area contributed by atoms with Crippen molar-refractivity contribution in [2.45, 2.75) is 55.9 Å². The molecule has 0 saturated carbocycles. The summed E-state index contributed by atoms with van der Waals surface area (Å²) in [6.07, 6.45) is 1.47. The zero-order valence-electron chi connectivity index (χ0n) is 25.8. The van der Waals surface area contributed by atoms with Crippen LogP contribution in [0.5, 0.6) is 17.2 Å². The number of thioether (sulfide) groups is 1. The number of nitrogens with zero attached hydrogens (tertiary/aromatic N) is 3. The van der Waals surface area contributed by atoms with Crippen molar-refractivity contribution in [3.63, 3.8) is 0 Å². The normalized spacial score (nSPS) is 18.4. The minimum atomic E-state index is -1.02. The Morgan fingerprint density at radius 3 is 2.66 bits per heavy atom. The average molecular weight is 713 g/mol. The van der Waals surface area contributed by atoms with Gasteiger partial charge < -0.3 is 19.3 Å². The topological polar surface area (TPSA) is 111 Å². The summed E-state index contributed by atoms with van der Waals surface area (Å²) >= 11 is 15.0. The Bertz CT molecular complexity index is 1880. The Kier molecular flexibility index (Phi) is 9.98. The Hall–Kier alpha value is -3.77. The second-order valence-corrected chi connectivity index (χ2v) is 14.0. The van der Waals surface area contributed by atoms with Gasteiger partial charge in [0.2, 0.25) is 5.13 Å². The van der Waals surface area contributed by atoms with Crippen molar-refractivity contribution in [2.75, 3.05) is 18.1 Å². The van der Waals surface area contributed by atoms with Gasteiger partial charge in [-0.3, -0.25) is 14.5 Å². The number of ether oxygens (including phenoxy) is 3. The smallest absolute Gasteiger partial charge is 0.301 e. The van der Waals surface area contributed by atoms with E-state index in [0.717, 1.165) is 23.3 Å². The van der Waals surface area contributed by atoms with E-state index < -0.39 is 17.7 Å². The molecular weight excluding hydrogens is 681 g/mol. The minimum absolute atomic E-state index is 0.00131. The lowest BCUT2D eigenvalue weighted by atomic mass is 9.94. The number of hydrogen-bond acceptors (Lipinski definition) is 10. The highest BCUT2D eigenvalue weighted by Gasteiger charge is 2.48. The van der Waals surface area contributed by atoms with Crippen LogP contribution < -0.4 is 19.1 Å². The molecule has 0 spiro atoms. The van der Waals surface area contributed by atoms with Crippen LogP contribution in [0.25, 0.3) is 5.76 Å². The van der Waals surface area contributed by atoms with E-state index in [4.69, 9.17) is 37.4 Å². The van der Waals surface area contributed by atoms with Crippen LogP contribution in [-0.2, 0) is 21.8 Å². The van der Waals surface area contributed by atoms with Crippen molar-refractivity contribution in [1.82, 2.24) is 10.2 Å². The van der Waals surface area contributed by atoms with E-state index in [1.165, 1.54) is 28.0 Å². The average Bonchev–Trinajstić information content (AvgIpc) is 3.74. The first-order valence-corrected chi connectivity index (χ1v) is 17.6. The maximum atomic E-state index is 13.8. The Morgan fingerprint density at radius 1 is 1.06 bits per heavy atom. The third-order valence-electron chi connectivity index (χ3n) is 7.63. The van der Waals surface area contributed by atoms with Crippen molar-refractivity contribution < 1.29 is 28.9 Å². The van der Waals surface area contributed by atoms with Crippen LogP contribution in [0.3, 0.4) is 0 Å². The highest BCUT2D eigenvalue weighted by molar-refractivity contribution is 8.00. The number of amides is 1. The second kappa shape index (κ2) is 14.1. The molecule has 0 bridgehead atoms. The molecule has 9 nitrogen and oxygen atoms in total. The zero-order valence-corrected chi connectivity index (χ0v) is 28.9. The lowest BCUT2D eigenvalue weighted by Gasteiger charge is -2.23. The molecule has 3 aromatic carbocycles. The number of ketones is 1. The molecule has 1 aromatic heterocycles. The quantitative estimate of drug-likeness (QED) is 0.0540. The van der Waals surface area contributed by atoms with Crippen molar-refractivity contribution >= 4 is 68.9 Å². The van der Waals surface area contributed by atoms with E-state index in [0.29, 0.717) is 62.4 Å². The maximum Gasteiger partial charge on any atom is 0.301 e. The van der Waals surface area contributed by atoms with Gasteiger partial charge in [-0.1, -0.05) is 65.4 Å². The number of fused-ring (bicyclic) bond motifs is 1. The van der Waals surface area contributed by atoms with Gasteiger partial charge in [0.15, 0.2) is 15.8 Å². The summed E-state index contributed by atoms with van der Waals surface area (Å²) in [6.45, 7) is 6.69. The molecule has 4 aromatic rings. The number of aliphatic hydroxyl groups excluding tert-OH is 1. The SMILES string of the molecule is CCCOc1ccc([C@@H]2C(=C(O)c3ccc4c(c3)C[C@H](C)O4)C(=O)C(=O)N2c2nnc(SCc3ccc(Cl)cc3Cl)s2)cc1OCC. The fourth-order valence-electron chi connectivity index (χ4n) is 5.50. The van der Waals surface area contributed by atoms with E-state index in [1.54, 1.807) is 48.5 Å². The van der Waals surface area contributed by atoms with Crippen LogP contribution in [0.1, 0.15) is 55.5 Å². The number of aromatic nitrogens is 2. The first-order valence-electron chi connectivity index (χ1n) is 15.1. The van der Waals surface area contributed by atoms with Crippen molar-refractivity contribution in [3.8, 4) is 17.2 Å². The molecule has 2 aliphatic heterocycles. The lowest BCUT2D eigenvalue weighted by Crippen LogP contribution is -2.29. The van der Waals surface area contributed by atoms with Crippen LogP contribution in [0.2, 0.25) is 10.0 Å². The molecule has 2 atom stereocenters. The number of rotatable bonds is 11. The van der Waals surface area contributed by atoms with Gasteiger partial charge in [0.25, 0.3) is 5.78 Å². The van der Waals surface area contributed by atoms with E-state index in [2.05, 4.69) is 10.2 Å². The zero-order chi connectivity index (χ0) is 33.2. The van der Waals surface area contributed by atoms with Crippen molar-refractivity contribution in [3.05, 3.63) is 92.5 Å². The second-order valence-electron chi connectivity index (χ2n) is 11.0. The number of aliphatic hydroxyl groups is 1. The highest BCUT2D eigenvalue weighted by atomic mass is 35.5. The summed E-state index contributed by atoms with van der Waals surface area (Å²) in [7, 11) is 0. The molecule has 0 aliphatic carbocycles. The molecule has 0 unspecified atom stereocenters. The van der Waals surface area contributed by atoms with Gasteiger partial charge in [0.05, 0.1) is 24.8 Å². The third-order valence-corrected chi connectivity index (χ3v) is 10.3. The highest BCUT2D eigenvalue weighted by Crippen LogP contribution is 2.46. The molecule has 1 saturated heterocycles. The molecule has 0 radical (unpaired) electrons. The molecular formula is C34H31Cl2N3O6S2. The predicted molar refractivity (Wildman–Crippen MR) is 184 cm³/mol. The van der Waals surface area contributed by atoms with E-state index in [9.17, 15) is 14.7 Å². The summed E-state index contributed by atoms with van der Waals surface area (Å²) < 4.78 is 18.2. The number of anilines is 1. The van der Waals surface area contributed by atoms with Gasteiger partial charge in [-0.25, -0.2) is 0 Å². The molecule has 6 rings (SSSR count). The molecule has 47 heavy (non-hydrogen) atoms. The fraction of sp³-hybridized carbons (Fsp3) is 0.294. The van der Waals surface area contributed by atoms with Crippen LogP contribution in [0, 0.1) is 0 Å². The molecule has 1 N–H and O–H groups in total. The standard InChI is InChI=1S/C34H31Cl2N3O6S2/c1-4-12-44-26-11-7-19(15-27(26)43-5-2)29-28(30(40)20-8-10-25-22(14-20)13-18(3)45-25)31(41)32(42)39(29)33-37-38-34(47-33)46-17-21-6-9-23(35)16-24(21)36/h6-11,14-16,18,29,40H,4-5,12-13,17H2,1-3H3/t18-,29+/m0/s1. The van der Waals surface area contributed by atoms with Crippen LogP contribution in [-0.4, -0.2) is 46.3 Å². The van der Waals surface area contributed by atoms with E-state index >= 15 is 0 Å². The largest absolute Gasteiger partial charge is 0.507 e. The van der Waals surface area contributed by atoms with Crippen molar-refractivity contribution in [1.29, 1.82) is 0 Å². The number of Topliss-reactive ketones (excluding diaryl/α,β-unsaturated/α-hetero) is 1. The van der Waals surface area contributed by atoms with Crippen molar-refractivity contribution in [2.24, 2.45) is 0 Å². The summed E-state index contributed by atoms with van der Waals surface area (Å²) in [5, 5.41) is 21.6. The lowest BCUT2D eigenvalue weighted by molar-refractivity contribution is -0.132. The molecule has 244 valence electrons. The number of carbonyl (C=O) groups excluding carboxylic acids is 2. The Morgan fingerprint density at radius 2 is 1.89 bits per heavy atom. The molecule has 3 heterocycles.